The number of pyridine rings is 1. The molecule has 1 N–H and O–H groups in total. The molecule has 0 saturated heterocycles. The Morgan fingerprint density at radius 2 is 2.05 bits per heavy atom. The fourth-order valence-corrected chi connectivity index (χ4v) is 1.75. The van der Waals surface area contributed by atoms with Crippen molar-refractivity contribution in [2.24, 2.45) is 5.10 Å². The average Bonchev–Trinajstić information content (AvgIpc) is 2.49. The molecule has 7 nitrogen and oxygen atoms in total. The third-order valence-corrected chi connectivity index (χ3v) is 2.86. The van der Waals surface area contributed by atoms with Crippen LogP contribution in [0, 0.1) is 10.1 Å². The van der Waals surface area contributed by atoms with Gasteiger partial charge in [-0.1, -0.05) is 17.7 Å². The predicted octanol–water partition coefficient (Wildman–Crippen LogP) is 2.41. The minimum Gasteiger partial charge on any atom is -0.267 e. The highest BCUT2D eigenvalue weighted by atomic mass is 35.5. The van der Waals surface area contributed by atoms with Crippen LogP contribution in [-0.4, -0.2) is 22.0 Å². The summed E-state index contributed by atoms with van der Waals surface area (Å²) in [5, 5.41) is 14.7. The van der Waals surface area contributed by atoms with E-state index in [4.69, 9.17) is 11.6 Å². The zero-order chi connectivity index (χ0) is 15.2. The van der Waals surface area contributed by atoms with Crippen LogP contribution in [-0.2, 0) is 0 Å². The molecule has 0 aliphatic rings. The molecule has 2 aromatic rings. The molecule has 8 heteroatoms. The maximum atomic E-state index is 11.7. The van der Waals surface area contributed by atoms with Crippen LogP contribution < -0.4 is 5.43 Å². The summed E-state index contributed by atoms with van der Waals surface area (Å²) < 4.78 is 0. The second-order valence-electron chi connectivity index (χ2n) is 3.86. The largest absolute Gasteiger partial charge is 0.279 e. The number of aromatic nitrogens is 1. The Bertz CT molecular complexity index is 704. The summed E-state index contributed by atoms with van der Waals surface area (Å²) in [6.45, 7) is 0. The molecule has 0 atom stereocenters. The van der Waals surface area contributed by atoms with Gasteiger partial charge in [0.2, 0.25) is 0 Å². The van der Waals surface area contributed by atoms with E-state index in [1.54, 1.807) is 0 Å². The molecule has 1 aromatic heterocycles. The summed E-state index contributed by atoms with van der Waals surface area (Å²) in [6, 6.07) is 7.30. The Balaban J connectivity index is 2.16. The van der Waals surface area contributed by atoms with Gasteiger partial charge < -0.3 is 0 Å². The fourth-order valence-electron chi connectivity index (χ4n) is 1.54. The van der Waals surface area contributed by atoms with Crippen LogP contribution in [0.15, 0.2) is 47.8 Å². The van der Waals surface area contributed by atoms with Crippen molar-refractivity contribution in [3.8, 4) is 0 Å². The summed E-state index contributed by atoms with van der Waals surface area (Å²) in [5.41, 5.74) is 2.57. The van der Waals surface area contributed by atoms with E-state index >= 15 is 0 Å². The first-order chi connectivity index (χ1) is 10.1. The number of nitrogens with zero attached hydrogens (tertiary/aromatic N) is 3. The molecule has 0 bridgehead atoms. The lowest BCUT2D eigenvalue weighted by molar-refractivity contribution is -0.385. The first-order valence-corrected chi connectivity index (χ1v) is 6.13. The third-order valence-electron chi connectivity index (χ3n) is 2.53. The lowest BCUT2D eigenvalue weighted by Gasteiger charge is -2.01. The highest BCUT2D eigenvalue weighted by Crippen LogP contribution is 2.24. The van der Waals surface area contributed by atoms with E-state index in [2.05, 4.69) is 15.5 Å². The van der Waals surface area contributed by atoms with E-state index in [0.717, 1.165) is 6.21 Å². The summed E-state index contributed by atoms with van der Waals surface area (Å²) in [6.07, 6.45) is 4.08. The van der Waals surface area contributed by atoms with Crippen molar-refractivity contribution in [3.63, 3.8) is 0 Å². The molecule has 0 aliphatic carbocycles. The topological polar surface area (TPSA) is 97.5 Å². The summed E-state index contributed by atoms with van der Waals surface area (Å²) in [4.78, 5) is 25.8. The van der Waals surface area contributed by atoms with Gasteiger partial charge in [0, 0.05) is 24.0 Å². The molecule has 0 unspecified atom stereocenters. The van der Waals surface area contributed by atoms with Gasteiger partial charge >= 0.3 is 0 Å². The van der Waals surface area contributed by atoms with E-state index in [-0.39, 0.29) is 16.3 Å². The minimum absolute atomic E-state index is 0.124. The van der Waals surface area contributed by atoms with Crippen molar-refractivity contribution in [2.45, 2.75) is 0 Å². The zero-order valence-electron chi connectivity index (χ0n) is 10.6. The Morgan fingerprint density at radius 3 is 2.71 bits per heavy atom. The van der Waals surface area contributed by atoms with Crippen molar-refractivity contribution in [1.29, 1.82) is 0 Å². The van der Waals surface area contributed by atoms with Crippen molar-refractivity contribution >= 4 is 29.4 Å². The van der Waals surface area contributed by atoms with Gasteiger partial charge in [-0.15, -0.1) is 0 Å². The minimum atomic E-state index is -0.572. The second-order valence-corrected chi connectivity index (χ2v) is 4.27. The van der Waals surface area contributed by atoms with Crippen LogP contribution in [0.2, 0.25) is 5.02 Å². The highest BCUT2D eigenvalue weighted by Gasteiger charge is 2.14. The number of rotatable bonds is 4. The van der Waals surface area contributed by atoms with Gasteiger partial charge in [-0.3, -0.25) is 19.9 Å². The average molecular weight is 305 g/mol. The standard InChI is InChI=1S/C13H9ClN4O3/c14-11-2-1-3-12(18(20)21)10(11)8-16-17-13(19)9-4-6-15-7-5-9/h1-8H,(H,17,19)/b16-8+. The van der Waals surface area contributed by atoms with E-state index in [9.17, 15) is 14.9 Å². The third kappa shape index (κ3) is 3.61. The van der Waals surface area contributed by atoms with E-state index in [1.165, 1.54) is 42.7 Å². The van der Waals surface area contributed by atoms with Crippen LogP contribution in [0.4, 0.5) is 5.69 Å². The maximum absolute atomic E-state index is 11.7. The summed E-state index contributed by atoms with van der Waals surface area (Å²) in [7, 11) is 0. The molecule has 1 aromatic carbocycles. The van der Waals surface area contributed by atoms with Crippen LogP contribution >= 0.6 is 11.6 Å². The van der Waals surface area contributed by atoms with Crippen LogP contribution in [0.1, 0.15) is 15.9 Å². The van der Waals surface area contributed by atoms with E-state index < -0.39 is 10.8 Å². The van der Waals surface area contributed by atoms with Crippen LogP contribution in [0.3, 0.4) is 0 Å². The first kappa shape index (κ1) is 14.6. The fraction of sp³-hybridized carbons (Fsp3) is 0. The quantitative estimate of drug-likeness (QED) is 0.533. The zero-order valence-corrected chi connectivity index (χ0v) is 11.3. The number of carbonyl (C=O) groups is 1. The highest BCUT2D eigenvalue weighted by molar-refractivity contribution is 6.33. The van der Waals surface area contributed by atoms with Gasteiger partial charge in [0.1, 0.15) is 0 Å². The molecule has 0 radical (unpaired) electrons. The van der Waals surface area contributed by atoms with Crippen LogP contribution in [0.5, 0.6) is 0 Å². The Kier molecular flexibility index (Phi) is 4.57. The molecule has 1 amide bonds. The number of carbonyl (C=O) groups excluding carboxylic acids is 1. The first-order valence-electron chi connectivity index (χ1n) is 5.76. The molecule has 2 rings (SSSR count). The van der Waals surface area contributed by atoms with Crippen molar-refractivity contribution < 1.29 is 9.72 Å². The van der Waals surface area contributed by atoms with Crippen molar-refractivity contribution in [1.82, 2.24) is 10.4 Å². The molecular formula is C13H9ClN4O3. The molecule has 0 saturated carbocycles. The van der Waals surface area contributed by atoms with Gasteiger partial charge in [0.15, 0.2) is 0 Å². The number of hydrogen-bond donors (Lipinski definition) is 1. The monoisotopic (exact) mass is 304 g/mol. The lowest BCUT2D eigenvalue weighted by atomic mass is 10.2. The number of nitro groups is 1. The van der Waals surface area contributed by atoms with Crippen molar-refractivity contribution in [2.75, 3.05) is 0 Å². The van der Waals surface area contributed by atoms with Crippen LogP contribution in [0.25, 0.3) is 0 Å². The number of benzene rings is 1. The van der Waals surface area contributed by atoms with E-state index in [1.807, 2.05) is 0 Å². The normalized spacial score (nSPS) is 10.5. The number of halogens is 1. The predicted molar refractivity (Wildman–Crippen MR) is 77.4 cm³/mol. The van der Waals surface area contributed by atoms with Gasteiger partial charge in [-0.2, -0.15) is 5.10 Å². The number of nitrogens with one attached hydrogen (secondary N) is 1. The number of hydrogen-bond acceptors (Lipinski definition) is 5. The Labute approximate surface area is 124 Å². The molecule has 1 heterocycles. The Hall–Kier alpha value is -2.80. The molecule has 0 fully saturated rings. The molecular weight excluding hydrogens is 296 g/mol. The Morgan fingerprint density at radius 1 is 1.33 bits per heavy atom. The second kappa shape index (κ2) is 6.58. The van der Waals surface area contributed by atoms with Gasteiger partial charge in [-0.25, -0.2) is 5.43 Å². The lowest BCUT2D eigenvalue weighted by Crippen LogP contribution is -2.17. The maximum Gasteiger partial charge on any atom is 0.279 e. The number of amides is 1. The van der Waals surface area contributed by atoms with E-state index in [0.29, 0.717) is 5.56 Å². The van der Waals surface area contributed by atoms with Gasteiger partial charge in [0.05, 0.1) is 21.7 Å². The molecule has 0 spiro atoms. The molecule has 106 valence electrons. The van der Waals surface area contributed by atoms with Gasteiger partial charge in [-0.05, 0) is 18.2 Å². The summed E-state index contributed by atoms with van der Waals surface area (Å²) in [5.74, 6) is -0.455. The van der Waals surface area contributed by atoms with Gasteiger partial charge in [0.25, 0.3) is 11.6 Å². The number of hydrazone groups is 1. The van der Waals surface area contributed by atoms with Crippen molar-refractivity contribution in [3.05, 3.63) is 69.0 Å². The summed E-state index contributed by atoms with van der Waals surface area (Å²) >= 11 is 5.89. The molecule has 21 heavy (non-hydrogen) atoms. The SMILES string of the molecule is O=C(N/N=C/c1c(Cl)cccc1[N+](=O)[O-])c1ccncc1. The molecule has 0 aliphatic heterocycles. The number of nitro benzene ring substituents is 1. The smallest absolute Gasteiger partial charge is 0.267 e.